The summed E-state index contributed by atoms with van der Waals surface area (Å²) in [6, 6.07) is 0. The maximum absolute atomic E-state index is 5.35. The van der Waals surface area contributed by atoms with Gasteiger partial charge in [0.15, 0.2) is 0 Å². The zero-order chi connectivity index (χ0) is 7.56. The highest BCUT2D eigenvalue weighted by molar-refractivity contribution is 5.29. The Morgan fingerprint density at radius 1 is 1.60 bits per heavy atom. The van der Waals surface area contributed by atoms with Crippen LogP contribution in [0.25, 0.3) is 0 Å². The molecule has 1 aromatic heterocycles. The summed E-state index contributed by atoms with van der Waals surface area (Å²) in [4.78, 5) is 7.82. The number of nitrogens with zero attached hydrogens (tertiary/aromatic N) is 2. The van der Waals surface area contributed by atoms with E-state index in [9.17, 15) is 0 Å². The van der Waals surface area contributed by atoms with Crippen LogP contribution in [-0.2, 0) is 0 Å². The lowest BCUT2D eigenvalue weighted by Gasteiger charge is -2.00. The molecule has 4 heteroatoms. The van der Waals surface area contributed by atoms with Gasteiger partial charge < -0.3 is 10.5 Å². The van der Waals surface area contributed by atoms with E-state index in [0.29, 0.717) is 17.4 Å². The molecule has 1 rings (SSSR count). The predicted octanol–water partition coefficient (Wildman–Crippen LogP) is 0.376. The van der Waals surface area contributed by atoms with Gasteiger partial charge in [0.05, 0.1) is 13.3 Å². The quantitative estimate of drug-likeness (QED) is 0.610. The van der Waals surface area contributed by atoms with Crippen molar-refractivity contribution in [2.75, 3.05) is 12.8 Å². The minimum Gasteiger partial charge on any atom is -0.480 e. The fourth-order valence-corrected chi connectivity index (χ4v) is 0.689. The first-order valence-corrected chi connectivity index (χ1v) is 2.87. The van der Waals surface area contributed by atoms with Crippen molar-refractivity contribution in [2.45, 2.75) is 6.92 Å². The summed E-state index contributed by atoms with van der Waals surface area (Å²) >= 11 is 0. The Balaban J connectivity index is 3.07. The van der Waals surface area contributed by atoms with E-state index in [1.165, 1.54) is 6.20 Å². The first-order valence-electron chi connectivity index (χ1n) is 2.87. The van der Waals surface area contributed by atoms with Crippen molar-refractivity contribution in [3.63, 3.8) is 0 Å². The molecule has 2 N–H and O–H groups in total. The molecule has 0 radical (unpaired) electrons. The molecule has 0 aliphatic rings. The van der Waals surface area contributed by atoms with Crippen molar-refractivity contribution in [2.24, 2.45) is 0 Å². The molecule has 4 nitrogen and oxygen atoms in total. The highest BCUT2D eigenvalue weighted by Gasteiger charge is 1.98. The first-order chi connectivity index (χ1) is 4.74. The van der Waals surface area contributed by atoms with Gasteiger partial charge in [-0.3, -0.25) is 0 Å². The highest BCUT2D eigenvalue weighted by atomic mass is 16.5. The van der Waals surface area contributed by atoms with Crippen LogP contribution in [0.2, 0.25) is 0 Å². The summed E-state index contributed by atoms with van der Waals surface area (Å²) in [5.74, 6) is 0.938. The Hall–Kier alpha value is -1.32. The molecule has 0 spiro atoms. The molecule has 1 heterocycles. The standard InChI is InChI=1S/C6H9N3O/c1-4-6(10-2)8-3-5(7)9-4/h3H,1-2H3,(H2,7,9). The number of nitrogen functional groups attached to an aromatic ring is 1. The molecule has 0 bridgehead atoms. The Morgan fingerprint density at radius 3 is 2.80 bits per heavy atom. The van der Waals surface area contributed by atoms with E-state index >= 15 is 0 Å². The molecular weight excluding hydrogens is 130 g/mol. The lowest BCUT2D eigenvalue weighted by molar-refractivity contribution is 0.392. The molecule has 0 fully saturated rings. The Kier molecular flexibility index (Phi) is 1.71. The molecule has 0 aliphatic heterocycles. The summed E-state index contributed by atoms with van der Waals surface area (Å²) < 4.78 is 4.87. The molecule has 10 heavy (non-hydrogen) atoms. The second-order valence-electron chi connectivity index (χ2n) is 1.89. The van der Waals surface area contributed by atoms with E-state index in [-0.39, 0.29) is 0 Å². The van der Waals surface area contributed by atoms with Crippen molar-refractivity contribution in [1.82, 2.24) is 9.97 Å². The molecule has 0 aliphatic carbocycles. The maximum atomic E-state index is 5.35. The fourth-order valence-electron chi connectivity index (χ4n) is 0.689. The molecule has 0 saturated carbocycles. The second-order valence-corrected chi connectivity index (χ2v) is 1.89. The van der Waals surface area contributed by atoms with Gasteiger partial charge in [-0.15, -0.1) is 0 Å². The van der Waals surface area contributed by atoms with Crippen LogP contribution < -0.4 is 10.5 Å². The van der Waals surface area contributed by atoms with Crippen LogP contribution in [-0.4, -0.2) is 17.1 Å². The van der Waals surface area contributed by atoms with Gasteiger partial charge in [-0.25, -0.2) is 9.97 Å². The molecular formula is C6H9N3O. The molecule has 0 atom stereocenters. The summed E-state index contributed by atoms with van der Waals surface area (Å²) in [6.45, 7) is 1.79. The van der Waals surface area contributed by atoms with E-state index in [0.717, 1.165) is 0 Å². The average molecular weight is 139 g/mol. The zero-order valence-electron chi connectivity index (χ0n) is 5.96. The zero-order valence-corrected chi connectivity index (χ0v) is 5.96. The summed E-state index contributed by atoms with van der Waals surface area (Å²) in [5, 5.41) is 0. The summed E-state index contributed by atoms with van der Waals surface area (Å²) in [5.41, 5.74) is 6.06. The van der Waals surface area contributed by atoms with Crippen molar-refractivity contribution in [3.05, 3.63) is 11.9 Å². The SMILES string of the molecule is COc1ncc(N)nc1C. The second kappa shape index (κ2) is 2.51. The van der Waals surface area contributed by atoms with Crippen LogP contribution in [0.1, 0.15) is 5.69 Å². The van der Waals surface area contributed by atoms with Crippen molar-refractivity contribution >= 4 is 5.82 Å². The van der Waals surface area contributed by atoms with Gasteiger partial charge in [0.1, 0.15) is 11.5 Å². The van der Waals surface area contributed by atoms with Gasteiger partial charge in [0, 0.05) is 0 Å². The molecule has 0 saturated heterocycles. The number of methoxy groups -OCH3 is 1. The molecule has 0 aromatic carbocycles. The smallest absolute Gasteiger partial charge is 0.235 e. The summed E-state index contributed by atoms with van der Waals surface area (Å²) in [6.07, 6.45) is 1.46. The average Bonchev–Trinajstić information content (AvgIpc) is 1.88. The fraction of sp³-hybridized carbons (Fsp3) is 0.333. The third-order valence-electron chi connectivity index (χ3n) is 1.11. The van der Waals surface area contributed by atoms with Crippen LogP contribution in [0.3, 0.4) is 0 Å². The van der Waals surface area contributed by atoms with Gasteiger partial charge in [-0.05, 0) is 6.92 Å². The van der Waals surface area contributed by atoms with Crippen LogP contribution in [0.15, 0.2) is 6.20 Å². The largest absolute Gasteiger partial charge is 0.480 e. The first kappa shape index (κ1) is 6.80. The van der Waals surface area contributed by atoms with Gasteiger partial charge in [-0.2, -0.15) is 0 Å². The number of aryl methyl sites for hydroxylation is 1. The maximum Gasteiger partial charge on any atom is 0.235 e. The van der Waals surface area contributed by atoms with Crippen molar-refractivity contribution in [3.8, 4) is 5.88 Å². The van der Waals surface area contributed by atoms with Gasteiger partial charge in [0.25, 0.3) is 0 Å². The molecule has 1 aromatic rings. The van der Waals surface area contributed by atoms with E-state index in [2.05, 4.69) is 9.97 Å². The number of anilines is 1. The predicted molar refractivity (Wildman–Crippen MR) is 37.7 cm³/mol. The van der Waals surface area contributed by atoms with Gasteiger partial charge in [-0.1, -0.05) is 0 Å². The minimum absolute atomic E-state index is 0.415. The van der Waals surface area contributed by atoms with Crippen LogP contribution in [0.5, 0.6) is 5.88 Å². The highest BCUT2D eigenvalue weighted by Crippen LogP contribution is 2.10. The lowest BCUT2D eigenvalue weighted by Crippen LogP contribution is -1.97. The topological polar surface area (TPSA) is 61.0 Å². The molecule has 0 unspecified atom stereocenters. The Labute approximate surface area is 59.1 Å². The number of hydrogen-bond donors (Lipinski definition) is 1. The van der Waals surface area contributed by atoms with E-state index < -0.39 is 0 Å². The van der Waals surface area contributed by atoms with Gasteiger partial charge >= 0.3 is 0 Å². The van der Waals surface area contributed by atoms with E-state index in [1.54, 1.807) is 14.0 Å². The van der Waals surface area contributed by atoms with Crippen LogP contribution in [0.4, 0.5) is 5.82 Å². The lowest BCUT2D eigenvalue weighted by atomic mass is 10.5. The van der Waals surface area contributed by atoms with Crippen LogP contribution >= 0.6 is 0 Å². The molecule has 0 amide bonds. The minimum atomic E-state index is 0.415. The monoisotopic (exact) mass is 139 g/mol. The van der Waals surface area contributed by atoms with E-state index in [1.807, 2.05) is 0 Å². The third-order valence-corrected chi connectivity index (χ3v) is 1.11. The number of nitrogens with two attached hydrogens (primary N) is 1. The Bertz CT molecular complexity index is 236. The number of ether oxygens (including phenoxy) is 1. The number of rotatable bonds is 1. The number of hydrogen-bond acceptors (Lipinski definition) is 4. The normalized spacial score (nSPS) is 9.40. The van der Waals surface area contributed by atoms with Crippen LogP contribution in [0, 0.1) is 6.92 Å². The summed E-state index contributed by atoms with van der Waals surface area (Å²) in [7, 11) is 1.55. The van der Waals surface area contributed by atoms with Gasteiger partial charge in [0.2, 0.25) is 5.88 Å². The number of aromatic nitrogens is 2. The Morgan fingerprint density at radius 2 is 2.30 bits per heavy atom. The van der Waals surface area contributed by atoms with Crippen molar-refractivity contribution in [1.29, 1.82) is 0 Å². The van der Waals surface area contributed by atoms with Crippen molar-refractivity contribution < 1.29 is 4.74 Å². The molecule has 54 valence electrons. The van der Waals surface area contributed by atoms with E-state index in [4.69, 9.17) is 10.5 Å². The third kappa shape index (κ3) is 1.15.